The van der Waals surface area contributed by atoms with Crippen molar-refractivity contribution in [1.82, 2.24) is 9.13 Å². The van der Waals surface area contributed by atoms with Crippen molar-refractivity contribution in [3.8, 4) is 0 Å². The van der Waals surface area contributed by atoms with Gasteiger partial charge in [0.1, 0.15) is 0 Å². The molecule has 132 valence electrons. The molecule has 0 fully saturated rings. The highest BCUT2D eigenvalue weighted by atomic mass is 35.5. The molecular formula is C20H22Cl2N2O. The second kappa shape index (κ2) is 7.67. The fourth-order valence-electron chi connectivity index (χ4n) is 3.42. The van der Waals surface area contributed by atoms with Crippen molar-refractivity contribution in [2.75, 3.05) is 0 Å². The predicted octanol–water partition coefficient (Wildman–Crippen LogP) is 5.91. The molecular weight excluding hydrogens is 355 g/mol. The van der Waals surface area contributed by atoms with Gasteiger partial charge in [0.25, 0.3) is 0 Å². The molecule has 0 radical (unpaired) electrons. The van der Waals surface area contributed by atoms with Crippen molar-refractivity contribution in [3.05, 3.63) is 68.6 Å². The Morgan fingerprint density at radius 2 is 1.76 bits per heavy atom. The zero-order chi connectivity index (χ0) is 18.0. The average molecular weight is 377 g/mol. The fourth-order valence-corrected chi connectivity index (χ4v) is 3.79. The van der Waals surface area contributed by atoms with Gasteiger partial charge in [-0.1, -0.05) is 55.6 Å². The van der Waals surface area contributed by atoms with E-state index in [-0.39, 0.29) is 11.7 Å². The Morgan fingerprint density at radius 3 is 2.44 bits per heavy atom. The number of rotatable bonds is 6. The first-order chi connectivity index (χ1) is 12.1. The molecule has 0 aliphatic heterocycles. The summed E-state index contributed by atoms with van der Waals surface area (Å²) in [6.45, 7) is 4.69. The van der Waals surface area contributed by atoms with Gasteiger partial charge in [-0.05, 0) is 48.7 Å². The third-order valence-corrected chi connectivity index (χ3v) is 5.27. The van der Waals surface area contributed by atoms with E-state index < -0.39 is 0 Å². The molecule has 3 rings (SSSR count). The Morgan fingerprint density at radius 1 is 1.04 bits per heavy atom. The molecule has 0 amide bonds. The van der Waals surface area contributed by atoms with E-state index in [4.69, 9.17) is 23.2 Å². The molecule has 3 aromatic rings. The van der Waals surface area contributed by atoms with Gasteiger partial charge in [0.05, 0.1) is 17.6 Å². The number of hydrogen-bond acceptors (Lipinski definition) is 1. The number of hydrogen-bond donors (Lipinski definition) is 0. The SMILES string of the molecule is CCCC(CC)n1c(=O)n(Cc2cc(Cl)ccc2Cl)c2ccccc21. The highest BCUT2D eigenvalue weighted by Gasteiger charge is 2.19. The second-order valence-corrected chi connectivity index (χ2v) is 7.16. The molecule has 1 unspecified atom stereocenters. The van der Waals surface area contributed by atoms with Gasteiger partial charge in [-0.3, -0.25) is 9.13 Å². The fraction of sp³-hybridized carbons (Fsp3) is 0.350. The van der Waals surface area contributed by atoms with Crippen LogP contribution in [0.3, 0.4) is 0 Å². The molecule has 0 saturated carbocycles. The van der Waals surface area contributed by atoms with Gasteiger partial charge in [0.15, 0.2) is 0 Å². The van der Waals surface area contributed by atoms with E-state index in [0.717, 1.165) is 35.9 Å². The summed E-state index contributed by atoms with van der Waals surface area (Å²) in [5.41, 5.74) is 2.77. The minimum absolute atomic E-state index is 0.0116. The topological polar surface area (TPSA) is 26.9 Å². The number of benzene rings is 2. The lowest BCUT2D eigenvalue weighted by atomic mass is 10.1. The van der Waals surface area contributed by atoms with Gasteiger partial charge in [0.2, 0.25) is 0 Å². The summed E-state index contributed by atoms with van der Waals surface area (Å²) < 4.78 is 3.74. The maximum Gasteiger partial charge on any atom is 0.329 e. The van der Waals surface area contributed by atoms with Gasteiger partial charge in [-0.25, -0.2) is 4.79 Å². The smallest absolute Gasteiger partial charge is 0.289 e. The molecule has 1 atom stereocenters. The molecule has 5 heteroatoms. The molecule has 1 heterocycles. The maximum absolute atomic E-state index is 13.2. The standard InChI is InChI=1S/C20H22Cl2N2O/c1-3-7-16(4-2)24-19-9-6-5-8-18(19)23(20(24)25)13-14-12-15(21)10-11-17(14)22/h5-6,8-12,16H,3-4,7,13H2,1-2H3. The van der Waals surface area contributed by atoms with Crippen LogP contribution in [0.1, 0.15) is 44.7 Å². The Kier molecular flexibility index (Phi) is 5.55. The first kappa shape index (κ1) is 18.1. The average Bonchev–Trinajstić information content (AvgIpc) is 2.88. The number of para-hydroxylation sites is 2. The third-order valence-electron chi connectivity index (χ3n) is 4.66. The van der Waals surface area contributed by atoms with Crippen molar-refractivity contribution in [1.29, 1.82) is 0 Å². The second-order valence-electron chi connectivity index (χ2n) is 6.31. The van der Waals surface area contributed by atoms with E-state index in [9.17, 15) is 4.79 Å². The molecule has 0 aliphatic carbocycles. The van der Waals surface area contributed by atoms with Crippen molar-refractivity contribution in [3.63, 3.8) is 0 Å². The highest BCUT2D eigenvalue weighted by molar-refractivity contribution is 6.33. The summed E-state index contributed by atoms with van der Waals surface area (Å²) in [6, 6.07) is 13.5. The van der Waals surface area contributed by atoms with Crippen LogP contribution in [0.4, 0.5) is 0 Å². The molecule has 1 aromatic heterocycles. The number of aromatic nitrogens is 2. The monoisotopic (exact) mass is 376 g/mol. The van der Waals surface area contributed by atoms with E-state index >= 15 is 0 Å². The molecule has 0 saturated heterocycles. The predicted molar refractivity (Wildman–Crippen MR) is 106 cm³/mol. The van der Waals surface area contributed by atoms with Crippen LogP contribution >= 0.6 is 23.2 Å². The van der Waals surface area contributed by atoms with Crippen molar-refractivity contribution < 1.29 is 0 Å². The lowest BCUT2D eigenvalue weighted by molar-refractivity contribution is 0.441. The minimum Gasteiger partial charge on any atom is -0.289 e. The van der Waals surface area contributed by atoms with Crippen LogP contribution in [-0.2, 0) is 6.54 Å². The lowest BCUT2D eigenvalue weighted by Gasteiger charge is -2.15. The van der Waals surface area contributed by atoms with Gasteiger partial charge in [-0.15, -0.1) is 0 Å². The number of fused-ring (bicyclic) bond motifs is 1. The van der Waals surface area contributed by atoms with Crippen LogP contribution in [0.2, 0.25) is 10.0 Å². The Bertz CT molecular complexity index is 943. The van der Waals surface area contributed by atoms with E-state index in [0.29, 0.717) is 16.6 Å². The van der Waals surface area contributed by atoms with Gasteiger partial charge >= 0.3 is 5.69 Å². The zero-order valence-electron chi connectivity index (χ0n) is 14.5. The molecule has 25 heavy (non-hydrogen) atoms. The normalized spacial score (nSPS) is 12.6. The molecule has 0 bridgehead atoms. The van der Waals surface area contributed by atoms with Crippen molar-refractivity contribution in [2.24, 2.45) is 0 Å². The first-order valence-electron chi connectivity index (χ1n) is 8.70. The molecule has 0 spiro atoms. The molecule has 0 aliphatic rings. The van der Waals surface area contributed by atoms with E-state index in [2.05, 4.69) is 13.8 Å². The highest BCUT2D eigenvalue weighted by Crippen LogP contribution is 2.25. The molecule has 2 aromatic carbocycles. The number of imidazole rings is 1. The summed E-state index contributed by atoms with van der Waals surface area (Å²) in [7, 11) is 0. The Hall–Kier alpha value is -1.71. The van der Waals surface area contributed by atoms with Crippen LogP contribution in [0, 0.1) is 0 Å². The molecule has 0 N–H and O–H groups in total. The quantitative estimate of drug-likeness (QED) is 0.525. The largest absolute Gasteiger partial charge is 0.329 e. The van der Waals surface area contributed by atoms with E-state index in [1.165, 1.54) is 0 Å². The summed E-state index contributed by atoms with van der Waals surface area (Å²) in [6.07, 6.45) is 2.96. The maximum atomic E-state index is 13.2. The van der Waals surface area contributed by atoms with Crippen molar-refractivity contribution in [2.45, 2.75) is 45.7 Å². The minimum atomic E-state index is 0.0116. The van der Waals surface area contributed by atoms with Crippen molar-refractivity contribution >= 4 is 34.2 Å². The van der Waals surface area contributed by atoms with Crippen LogP contribution in [0.15, 0.2) is 47.3 Å². The van der Waals surface area contributed by atoms with Gasteiger partial charge in [-0.2, -0.15) is 0 Å². The first-order valence-corrected chi connectivity index (χ1v) is 9.46. The summed E-state index contributed by atoms with van der Waals surface area (Å²) in [5, 5.41) is 1.24. The Labute approximate surface area is 157 Å². The van der Waals surface area contributed by atoms with E-state index in [1.54, 1.807) is 16.7 Å². The summed E-state index contributed by atoms with van der Waals surface area (Å²) in [5.74, 6) is 0. The van der Waals surface area contributed by atoms with Gasteiger partial charge < -0.3 is 0 Å². The summed E-state index contributed by atoms with van der Waals surface area (Å²) >= 11 is 12.4. The summed E-state index contributed by atoms with van der Waals surface area (Å²) in [4.78, 5) is 13.2. The Balaban J connectivity index is 2.17. The lowest BCUT2D eigenvalue weighted by Crippen LogP contribution is -2.27. The van der Waals surface area contributed by atoms with Crippen LogP contribution in [0.5, 0.6) is 0 Å². The van der Waals surface area contributed by atoms with Crippen LogP contribution < -0.4 is 5.69 Å². The number of nitrogens with zero attached hydrogens (tertiary/aromatic N) is 2. The van der Waals surface area contributed by atoms with E-state index in [1.807, 2.05) is 34.9 Å². The zero-order valence-corrected chi connectivity index (χ0v) is 16.0. The van der Waals surface area contributed by atoms with Crippen LogP contribution in [0.25, 0.3) is 11.0 Å². The number of halogens is 2. The van der Waals surface area contributed by atoms with Gasteiger partial charge in [0, 0.05) is 16.1 Å². The van der Waals surface area contributed by atoms with Crippen LogP contribution in [-0.4, -0.2) is 9.13 Å². The molecule has 3 nitrogen and oxygen atoms in total. The third kappa shape index (κ3) is 3.49.